The first-order valence-electron chi connectivity index (χ1n) is 23.4. The SMILES string of the molecule is [2H]c1c([2H])c([2H])c2c(c1[2H])c([2H])c([2H])c1c([2H])c([2H])c(N(c3ccc(-c4cccc5ccccc45)cc3)c3cc(-c4ccccc4)cc(-c4cc5ccccc5c5ccccc45)c3)c([2H])c12. The highest BCUT2D eigenvalue weighted by atomic mass is 15.1. The molecule has 11 aromatic carbocycles. The van der Waals surface area contributed by atoms with E-state index in [-0.39, 0.29) is 39.3 Å². The van der Waals surface area contributed by atoms with E-state index in [0.29, 0.717) is 11.4 Å². The van der Waals surface area contributed by atoms with E-state index in [1.807, 2.05) is 109 Å². The average molecular weight is 733 g/mol. The van der Waals surface area contributed by atoms with E-state index in [0.717, 1.165) is 65.7 Å². The van der Waals surface area contributed by atoms with Crippen molar-refractivity contribution in [1.29, 1.82) is 0 Å². The number of benzene rings is 11. The first-order chi connectivity index (χ1) is 32.0. The first-order valence-corrected chi connectivity index (χ1v) is 18.9. The molecule has 0 aromatic heterocycles. The Hall–Kier alpha value is -7.48. The number of nitrogens with zero attached hydrogens (tertiary/aromatic N) is 1. The van der Waals surface area contributed by atoms with Crippen molar-refractivity contribution in [1.82, 2.24) is 0 Å². The first kappa shape index (κ1) is 24.8. The quantitative estimate of drug-likeness (QED) is 0.154. The van der Waals surface area contributed by atoms with Crippen LogP contribution in [0.5, 0.6) is 0 Å². The molecule has 0 amide bonds. The monoisotopic (exact) mass is 732 g/mol. The fourth-order valence-corrected chi connectivity index (χ4v) is 8.17. The van der Waals surface area contributed by atoms with Gasteiger partial charge in [-0.05, 0) is 136 Å². The zero-order valence-corrected chi connectivity index (χ0v) is 30.6. The predicted molar refractivity (Wildman–Crippen MR) is 245 cm³/mol. The third kappa shape index (κ3) is 5.80. The van der Waals surface area contributed by atoms with E-state index in [1.165, 1.54) is 0 Å². The molecule has 0 heterocycles. The molecule has 57 heavy (non-hydrogen) atoms. The van der Waals surface area contributed by atoms with Crippen molar-refractivity contribution in [2.24, 2.45) is 0 Å². The van der Waals surface area contributed by atoms with Gasteiger partial charge in [0, 0.05) is 17.1 Å². The zero-order valence-electron chi connectivity index (χ0n) is 39.6. The molecule has 0 fully saturated rings. The van der Waals surface area contributed by atoms with Gasteiger partial charge in [0.05, 0.1) is 12.3 Å². The van der Waals surface area contributed by atoms with Gasteiger partial charge < -0.3 is 4.90 Å². The predicted octanol–water partition coefficient (Wildman–Crippen LogP) is 15.9. The molecule has 0 spiro atoms. The van der Waals surface area contributed by atoms with Crippen molar-refractivity contribution in [2.75, 3.05) is 4.90 Å². The van der Waals surface area contributed by atoms with E-state index in [9.17, 15) is 4.11 Å². The Balaban J connectivity index is 1.25. The lowest BCUT2D eigenvalue weighted by Gasteiger charge is -2.28. The lowest BCUT2D eigenvalue weighted by molar-refractivity contribution is 1.29. The van der Waals surface area contributed by atoms with Crippen LogP contribution in [-0.2, 0) is 0 Å². The second-order valence-electron chi connectivity index (χ2n) is 14.2. The molecule has 0 saturated heterocycles. The van der Waals surface area contributed by atoms with Gasteiger partial charge in [0.1, 0.15) is 0 Å². The number of anilines is 3. The van der Waals surface area contributed by atoms with Gasteiger partial charge in [0.15, 0.2) is 0 Å². The second-order valence-corrected chi connectivity index (χ2v) is 14.2. The Labute approximate surface area is 345 Å². The van der Waals surface area contributed by atoms with Gasteiger partial charge in [-0.15, -0.1) is 0 Å². The zero-order chi connectivity index (χ0) is 45.5. The molecule has 266 valence electrons. The molecule has 0 radical (unpaired) electrons. The molecule has 0 aliphatic carbocycles. The molecule has 1 nitrogen and oxygen atoms in total. The third-order valence-electron chi connectivity index (χ3n) is 10.9. The lowest BCUT2D eigenvalue weighted by Crippen LogP contribution is -2.10. The molecular weight excluding hydrogens is 687 g/mol. The maximum absolute atomic E-state index is 10.1. The normalized spacial score (nSPS) is 13.7. The molecule has 0 N–H and O–H groups in total. The molecule has 1 heteroatoms. The van der Waals surface area contributed by atoms with Crippen LogP contribution in [0.15, 0.2) is 224 Å². The minimum Gasteiger partial charge on any atom is -0.310 e. The van der Waals surface area contributed by atoms with Crippen molar-refractivity contribution in [3.63, 3.8) is 0 Å². The third-order valence-corrected chi connectivity index (χ3v) is 10.9. The highest BCUT2D eigenvalue weighted by molar-refractivity contribution is 6.14. The van der Waals surface area contributed by atoms with Crippen molar-refractivity contribution >= 4 is 70.9 Å². The van der Waals surface area contributed by atoms with Crippen LogP contribution in [0.1, 0.15) is 12.3 Å². The molecule has 0 atom stereocenters. The summed E-state index contributed by atoms with van der Waals surface area (Å²) in [5, 5.41) is 5.86. The van der Waals surface area contributed by atoms with Gasteiger partial charge in [-0.3, -0.25) is 0 Å². The molecule has 0 saturated carbocycles. The average Bonchev–Trinajstić information content (AvgIpc) is 3.36. The van der Waals surface area contributed by atoms with E-state index in [1.54, 1.807) is 4.90 Å². The summed E-state index contributed by atoms with van der Waals surface area (Å²) < 4.78 is 82.4. The smallest absolute Gasteiger partial charge is 0.0652 e. The van der Waals surface area contributed by atoms with Crippen molar-refractivity contribution in [2.45, 2.75) is 0 Å². The van der Waals surface area contributed by atoms with E-state index in [4.69, 9.17) is 8.22 Å². The second kappa shape index (κ2) is 13.7. The molecule has 11 rings (SSSR count). The fourth-order valence-electron chi connectivity index (χ4n) is 8.17. The van der Waals surface area contributed by atoms with Crippen molar-refractivity contribution in [3.05, 3.63) is 224 Å². The molecule has 0 unspecified atom stereocenters. The molecule has 0 aliphatic rings. The maximum Gasteiger partial charge on any atom is 0.0652 e. The Kier molecular flexibility index (Phi) is 5.96. The maximum atomic E-state index is 10.1. The molecule has 0 aliphatic heterocycles. The van der Waals surface area contributed by atoms with Crippen molar-refractivity contribution < 1.29 is 12.3 Å². The standard InChI is InChI=1S/C56H37N/c1-2-13-38(14-3-1)44-33-45(55-36-43-17-6-9-21-52(43)53-22-10-11-23-54(53)55)35-48(34-44)57(47-32-29-42-26-25-40-16-5-8-20-51(40)56(42)37-47)46-30-27-41(28-31-46)50-24-12-18-39-15-4-7-19-49(39)50/h1-37H/i5D,8D,16D,20D,25D,26D,29D,32D,37D. The number of fused-ring (bicyclic) bond motifs is 7. The van der Waals surface area contributed by atoms with Gasteiger partial charge in [-0.25, -0.2) is 0 Å². The summed E-state index contributed by atoms with van der Waals surface area (Å²) in [5.74, 6) is 0. The van der Waals surface area contributed by atoms with Crippen LogP contribution in [0.25, 0.3) is 87.2 Å². The summed E-state index contributed by atoms with van der Waals surface area (Å²) >= 11 is 0. The Morgan fingerprint density at radius 3 is 1.79 bits per heavy atom. The van der Waals surface area contributed by atoms with Gasteiger partial charge in [-0.2, -0.15) is 0 Å². The number of rotatable bonds is 6. The van der Waals surface area contributed by atoms with Crippen LogP contribution >= 0.6 is 0 Å². The van der Waals surface area contributed by atoms with Crippen LogP contribution in [0.2, 0.25) is 0 Å². The summed E-state index contributed by atoms with van der Waals surface area (Å²) in [6.45, 7) is 0. The van der Waals surface area contributed by atoms with Gasteiger partial charge in [0.2, 0.25) is 0 Å². The topological polar surface area (TPSA) is 3.24 Å². The summed E-state index contributed by atoms with van der Waals surface area (Å²) in [7, 11) is 0. The Morgan fingerprint density at radius 1 is 0.298 bits per heavy atom. The van der Waals surface area contributed by atoms with Gasteiger partial charge in [0.25, 0.3) is 0 Å². The van der Waals surface area contributed by atoms with Crippen LogP contribution in [0, 0.1) is 0 Å². The van der Waals surface area contributed by atoms with Crippen LogP contribution in [0.3, 0.4) is 0 Å². The molecule has 11 aromatic rings. The van der Waals surface area contributed by atoms with E-state index >= 15 is 0 Å². The fraction of sp³-hybridized carbons (Fsp3) is 0. The summed E-state index contributed by atoms with van der Waals surface area (Å²) in [6, 6.07) is 52.9. The largest absolute Gasteiger partial charge is 0.310 e. The Bertz CT molecular complexity index is 3810. The minimum absolute atomic E-state index is 0.0178. The number of hydrogen-bond acceptors (Lipinski definition) is 1. The van der Waals surface area contributed by atoms with Crippen LogP contribution < -0.4 is 4.90 Å². The highest BCUT2D eigenvalue weighted by Crippen LogP contribution is 2.44. The van der Waals surface area contributed by atoms with E-state index in [2.05, 4.69) is 60.7 Å². The number of hydrogen-bond donors (Lipinski definition) is 0. The van der Waals surface area contributed by atoms with Gasteiger partial charge in [-0.1, -0.05) is 176 Å². The van der Waals surface area contributed by atoms with Crippen LogP contribution in [0.4, 0.5) is 17.1 Å². The molecule has 0 bridgehead atoms. The van der Waals surface area contributed by atoms with Crippen molar-refractivity contribution in [3.8, 4) is 33.4 Å². The van der Waals surface area contributed by atoms with E-state index < -0.39 is 42.3 Å². The van der Waals surface area contributed by atoms with Gasteiger partial charge >= 0.3 is 0 Å². The minimum atomic E-state index is -0.561. The highest BCUT2D eigenvalue weighted by Gasteiger charge is 2.19. The summed E-state index contributed by atoms with van der Waals surface area (Å²) in [5.41, 5.74) is 6.70. The summed E-state index contributed by atoms with van der Waals surface area (Å²) in [4.78, 5) is 1.78. The lowest BCUT2D eigenvalue weighted by atomic mass is 9.91. The van der Waals surface area contributed by atoms with Crippen LogP contribution in [-0.4, -0.2) is 0 Å². The molecular formula is C56H37N. The Morgan fingerprint density at radius 2 is 0.947 bits per heavy atom. The summed E-state index contributed by atoms with van der Waals surface area (Å²) in [6.07, 6.45) is 0.